The number of pyridine rings is 2. The molecule has 10 heteroatoms. The summed E-state index contributed by atoms with van der Waals surface area (Å²) >= 11 is 6.08. The number of carbonyl (C=O) groups is 1. The van der Waals surface area contributed by atoms with Gasteiger partial charge < -0.3 is 19.7 Å². The molecule has 4 rings (SSSR count). The van der Waals surface area contributed by atoms with Crippen LogP contribution in [-0.4, -0.2) is 62.8 Å². The summed E-state index contributed by atoms with van der Waals surface area (Å²) in [4.78, 5) is 32.1. The van der Waals surface area contributed by atoms with Gasteiger partial charge >= 0.3 is 6.09 Å². The van der Waals surface area contributed by atoms with Gasteiger partial charge in [-0.05, 0) is 45.7 Å². The van der Waals surface area contributed by atoms with Gasteiger partial charge in [0.2, 0.25) is 0 Å². The monoisotopic (exact) mass is 470 g/mol. The number of nitrogens with one attached hydrogen (secondary N) is 1. The van der Waals surface area contributed by atoms with Crippen molar-refractivity contribution in [3.8, 4) is 17.1 Å². The van der Waals surface area contributed by atoms with E-state index in [2.05, 4.69) is 20.3 Å². The normalized spacial score (nSPS) is 16.2. The first-order chi connectivity index (χ1) is 15.7. The largest absolute Gasteiger partial charge is 0.494 e. The van der Waals surface area contributed by atoms with E-state index in [1.807, 2.05) is 20.8 Å². The molecule has 9 nitrogen and oxygen atoms in total. The Balaban J connectivity index is 1.65. The van der Waals surface area contributed by atoms with E-state index in [1.165, 1.54) is 0 Å². The molecule has 4 heterocycles. The zero-order valence-corrected chi connectivity index (χ0v) is 19.9. The van der Waals surface area contributed by atoms with Crippen LogP contribution in [0, 0.1) is 0 Å². The van der Waals surface area contributed by atoms with Crippen LogP contribution in [0.25, 0.3) is 22.3 Å². The number of halogens is 1. The molecule has 1 aliphatic heterocycles. The molecule has 1 N–H and O–H groups in total. The van der Waals surface area contributed by atoms with Crippen molar-refractivity contribution >= 4 is 34.4 Å². The maximum atomic E-state index is 12.7. The van der Waals surface area contributed by atoms with Crippen molar-refractivity contribution in [1.29, 1.82) is 0 Å². The fourth-order valence-corrected chi connectivity index (χ4v) is 4.01. The predicted molar refractivity (Wildman–Crippen MR) is 127 cm³/mol. The standard InChI is InChI=1S/C23H27ClN6O3/c1-23(2,3)33-22(31)30-9-5-6-15(30)11-27-21-19-16(12-25-13-17(19)32-4)28-20(29-21)14-7-8-26-18(24)10-14/h7-8,10,12-13,15H,5-6,9,11H2,1-4H3,(H,27,28,29)/t15-/m0/s1. The highest BCUT2D eigenvalue weighted by molar-refractivity contribution is 6.29. The average molecular weight is 471 g/mol. The lowest BCUT2D eigenvalue weighted by Crippen LogP contribution is -2.42. The summed E-state index contributed by atoms with van der Waals surface area (Å²) in [5, 5.41) is 4.50. The molecule has 1 atom stereocenters. The quantitative estimate of drug-likeness (QED) is 0.541. The SMILES string of the molecule is COc1cncc2nc(-c3ccnc(Cl)c3)nc(NC[C@@H]3CCCN3C(=O)OC(C)(C)C)c12. The molecule has 0 unspecified atom stereocenters. The Hall–Kier alpha value is -3.20. The van der Waals surface area contributed by atoms with Gasteiger partial charge in [0.25, 0.3) is 0 Å². The maximum Gasteiger partial charge on any atom is 0.410 e. The van der Waals surface area contributed by atoms with Crippen LogP contribution in [0.1, 0.15) is 33.6 Å². The van der Waals surface area contributed by atoms with Gasteiger partial charge in [-0.25, -0.2) is 19.7 Å². The molecular formula is C23H27ClN6O3. The molecule has 1 fully saturated rings. The van der Waals surface area contributed by atoms with Crippen LogP contribution in [-0.2, 0) is 4.74 Å². The molecule has 1 aliphatic rings. The van der Waals surface area contributed by atoms with Crippen LogP contribution in [0.15, 0.2) is 30.7 Å². The molecule has 1 amide bonds. The molecule has 0 radical (unpaired) electrons. The van der Waals surface area contributed by atoms with E-state index < -0.39 is 5.60 Å². The van der Waals surface area contributed by atoms with Gasteiger partial charge in [0.1, 0.15) is 22.3 Å². The van der Waals surface area contributed by atoms with E-state index in [4.69, 9.17) is 26.1 Å². The Morgan fingerprint density at radius 3 is 2.85 bits per heavy atom. The van der Waals surface area contributed by atoms with Gasteiger partial charge in [0.15, 0.2) is 5.82 Å². The van der Waals surface area contributed by atoms with Crippen molar-refractivity contribution in [2.24, 2.45) is 0 Å². The summed E-state index contributed by atoms with van der Waals surface area (Å²) in [5.41, 5.74) is 0.825. The number of hydrogen-bond acceptors (Lipinski definition) is 8. The third-order valence-corrected chi connectivity index (χ3v) is 5.49. The third-order valence-electron chi connectivity index (χ3n) is 5.29. The minimum Gasteiger partial charge on any atom is -0.494 e. The number of hydrogen-bond donors (Lipinski definition) is 1. The van der Waals surface area contributed by atoms with Crippen LogP contribution in [0.3, 0.4) is 0 Å². The maximum absolute atomic E-state index is 12.7. The lowest BCUT2D eigenvalue weighted by atomic mass is 10.2. The van der Waals surface area contributed by atoms with Crippen molar-refractivity contribution in [1.82, 2.24) is 24.8 Å². The Kier molecular flexibility index (Phi) is 6.51. The van der Waals surface area contributed by atoms with E-state index in [0.29, 0.717) is 41.2 Å². The Morgan fingerprint density at radius 1 is 1.30 bits per heavy atom. The van der Waals surface area contributed by atoms with Gasteiger partial charge in [-0.2, -0.15) is 0 Å². The van der Waals surface area contributed by atoms with Crippen molar-refractivity contribution in [3.63, 3.8) is 0 Å². The minimum absolute atomic E-state index is 0.0171. The molecule has 33 heavy (non-hydrogen) atoms. The Bertz CT molecular complexity index is 1170. The predicted octanol–water partition coefficient (Wildman–Crippen LogP) is 4.56. The summed E-state index contributed by atoms with van der Waals surface area (Å²) in [6.45, 7) is 6.78. The highest BCUT2D eigenvalue weighted by atomic mass is 35.5. The molecule has 3 aromatic rings. The summed E-state index contributed by atoms with van der Waals surface area (Å²) in [7, 11) is 1.58. The lowest BCUT2D eigenvalue weighted by Gasteiger charge is -2.29. The molecule has 0 aliphatic carbocycles. The number of rotatable bonds is 5. The number of fused-ring (bicyclic) bond motifs is 1. The van der Waals surface area contributed by atoms with E-state index >= 15 is 0 Å². The van der Waals surface area contributed by atoms with E-state index in [1.54, 1.807) is 42.7 Å². The minimum atomic E-state index is -0.540. The van der Waals surface area contributed by atoms with Crippen LogP contribution >= 0.6 is 11.6 Å². The number of amides is 1. The first kappa shape index (κ1) is 23.0. The molecule has 0 bridgehead atoms. The summed E-state index contributed by atoms with van der Waals surface area (Å²) < 4.78 is 11.1. The second-order valence-corrected chi connectivity index (χ2v) is 9.24. The zero-order valence-electron chi connectivity index (χ0n) is 19.1. The molecular weight excluding hydrogens is 444 g/mol. The van der Waals surface area contributed by atoms with Crippen LogP contribution in [0.5, 0.6) is 5.75 Å². The van der Waals surface area contributed by atoms with Gasteiger partial charge in [-0.15, -0.1) is 0 Å². The number of likely N-dealkylation sites (tertiary alicyclic amines) is 1. The molecule has 0 saturated carbocycles. The van der Waals surface area contributed by atoms with Gasteiger partial charge in [0.05, 0.1) is 36.4 Å². The van der Waals surface area contributed by atoms with Gasteiger partial charge in [0, 0.05) is 24.8 Å². The smallest absolute Gasteiger partial charge is 0.410 e. The Morgan fingerprint density at radius 2 is 2.12 bits per heavy atom. The summed E-state index contributed by atoms with van der Waals surface area (Å²) in [6.07, 6.45) is 6.40. The number of anilines is 1. The van der Waals surface area contributed by atoms with Crippen molar-refractivity contribution < 1.29 is 14.3 Å². The van der Waals surface area contributed by atoms with E-state index in [-0.39, 0.29) is 12.1 Å². The highest BCUT2D eigenvalue weighted by Gasteiger charge is 2.32. The molecule has 0 aromatic carbocycles. The molecule has 174 valence electrons. The lowest BCUT2D eigenvalue weighted by molar-refractivity contribution is 0.0235. The van der Waals surface area contributed by atoms with Crippen molar-refractivity contribution in [2.45, 2.75) is 45.3 Å². The highest BCUT2D eigenvalue weighted by Crippen LogP contribution is 2.32. The first-order valence-corrected chi connectivity index (χ1v) is 11.2. The number of nitrogens with zero attached hydrogens (tertiary/aromatic N) is 5. The topological polar surface area (TPSA) is 102 Å². The van der Waals surface area contributed by atoms with E-state index in [9.17, 15) is 4.79 Å². The van der Waals surface area contributed by atoms with Gasteiger partial charge in [-0.3, -0.25) is 4.98 Å². The number of aromatic nitrogens is 4. The second-order valence-electron chi connectivity index (χ2n) is 8.85. The molecule has 0 spiro atoms. The van der Waals surface area contributed by atoms with E-state index in [0.717, 1.165) is 23.8 Å². The van der Waals surface area contributed by atoms with Crippen LogP contribution in [0.4, 0.5) is 10.6 Å². The van der Waals surface area contributed by atoms with Crippen molar-refractivity contribution in [3.05, 3.63) is 35.9 Å². The average Bonchev–Trinajstić information content (AvgIpc) is 3.24. The number of ether oxygens (including phenoxy) is 2. The second kappa shape index (κ2) is 9.35. The third kappa shape index (κ3) is 5.24. The van der Waals surface area contributed by atoms with Crippen molar-refractivity contribution in [2.75, 3.05) is 25.5 Å². The Labute approximate surface area is 197 Å². The summed E-state index contributed by atoms with van der Waals surface area (Å²) in [6, 6.07) is 3.49. The fourth-order valence-electron chi connectivity index (χ4n) is 3.83. The molecule has 3 aromatic heterocycles. The first-order valence-electron chi connectivity index (χ1n) is 10.8. The van der Waals surface area contributed by atoms with Crippen LogP contribution in [0.2, 0.25) is 5.15 Å². The van der Waals surface area contributed by atoms with Crippen LogP contribution < -0.4 is 10.1 Å². The number of methoxy groups -OCH3 is 1. The fraction of sp³-hybridized carbons (Fsp3) is 0.435. The van der Waals surface area contributed by atoms with Gasteiger partial charge in [-0.1, -0.05) is 11.6 Å². The molecule has 1 saturated heterocycles. The number of carbonyl (C=O) groups excluding carboxylic acids is 1. The zero-order chi connectivity index (χ0) is 23.6. The summed E-state index contributed by atoms with van der Waals surface area (Å²) in [5.74, 6) is 1.64.